The van der Waals surface area contributed by atoms with Crippen molar-refractivity contribution in [1.29, 1.82) is 0 Å². The number of imidazole rings is 1. The number of carbonyl (C=O) groups excluding carboxylic acids is 1. The number of nitrogens with zero attached hydrogens (tertiary/aromatic N) is 2. The average molecular weight is 301 g/mol. The number of amides is 1. The Balaban J connectivity index is 1.76. The van der Waals surface area contributed by atoms with E-state index in [-0.39, 0.29) is 5.91 Å². The maximum Gasteiger partial charge on any atom is 0.261 e. The fraction of sp³-hybridized carbons (Fsp3) is 0.412. The first kappa shape index (κ1) is 16.1. The van der Waals surface area contributed by atoms with E-state index in [1.54, 1.807) is 12.5 Å². The highest BCUT2D eigenvalue weighted by Gasteiger charge is 2.17. The minimum absolute atomic E-state index is 0.0605. The van der Waals surface area contributed by atoms with Crippen molar-refractivity contribution >= 4 is 5.91 Å². The summed E-state index contributed by atoms with van der Waals surface area (Å²) >= 11 is 0. The number of hydrogen-bond acceptors (Lipinski definition) is 3. The Bertz CT molecular complexity index is 581. The quantitative estimate of drug-likeness (QED) is 0.762. The van der Waals surface area contributed by atoms with Gasteiger partial charge in [-0.25, -0.2) is 4.98 Å². The molecule has 0 fully saturated rings. The van der Waals surface area contributed by atoms with Gasteiger partial charge in [-0.1, -0.05) is 19.1 Å². The summed E-state index contributed by atoms with van der Waals surface area (Å²) in [5.41, 5.74) is 1.12. The van der Waals surface area contributed by atoms with E-state index in [0.29, 0.717) is 13.0 Å². The minimum atomic E-state index is -0.449. The molecule has 0 unspecified atom stereocenters. The second-order valence-corrected chi connectivity index (χ2v) is 5.28. The molecule has 2 rings (SSSR count). The van der Waals surface area contributed by atoms with Gasteiger partial charge in [-0.2, -0.15) is 0 Å². The van der Waals surface area contributed by atoms with E-state index in [1.165, 1.54) is 0 Å². The fourth-order valence-corrected chi connectivity index (χ4v) is 2.18. The number of nitrogens with one attached hydrogen (secondary N) is 1. The van der Waals surface area contributed by atoms with Crippen LogP contribution in [0.4, 0.5) is 0 Å². The Kier molecular flexibility index (Phi) is 6.01. The number of carbonyl (C=O) groups is 1. The first-order chi connectivity index (χ1) is 10.7. The molecule has 1 aromatic carbocycles. The topological polar surface area (TPSA) is 56.1 Å². The second-order valence-electron chi connectivity index (χ2n) is 5.28. The van der Waals surface area contributed by atoms with E-state index in [1.807, 2.05) is 48.9 Å². The van der Waals surface area contributed by atoms with Crippen LogP contribution < -0.4 is 10.1 Å². The fourth-order valence-electron chi connectivity index (χ4n) is 2.18. The molecule has 0 radical (unpaired) electrons. The number of ether oxygens (including phenoxy) is 1. The molecule has 22 heavy (non-hydrogen) atoms. The summed E-state index contributed by atoms with van der Waals surface area (Å²) in [5.74, 6) is 0.676. The van der Waals surface area contributed by atoms with Crippen LogP contribution in [-0.4, -0.2) is 28.1 Å². The molecule has 0 saturated heterocycles. The van der Waals surface area contributed by atoms with Gasteiger partial charge in [0, 0.05) is 25.5 Å². The number of aromatic nitrogens is 2. The lowest BCUT2D eigenvalue weighted by atomic mass is 10.2. The summed E-state index contributed by atoms with van der Waals surface area (Å²) < 4.78 is 7.77. The number of hydrogen-bond donors (Lipinski definition) is 1. The molecule has 1 atom stereocenters. The normalized spacial score (nSPS) is 11.9. The lowest BCUT2D eigenvalue weighted by Gasteiger charge is -2.17. The summed E-state index contributed by atoms with van der Waals surface area (Å²) in [6, 6.07) is 7.75. The van der Waals surface area contributed by atoms with E-state index in [0.717, 1.165) is 24.3 Å². The summed E-state index contributed by atoms with van der Waals surface area (Å²) in [6.07, 6.45) is 6.50. The van der Waals surface area contributed by atoms with Crippen LogP contribution in [0, 0.1) is 6.92 Å². The predicted octanol–water partition coefficient (Wildman–Crippen LogP) is 2.56. The van der Waals surface area contributed by atoms with Gasteiger partial charge in [-0.3, -0.25) is 4.79 Å². The van der Waals surface area contributed by atoms with Gasteiger partial charge in [0.05, 0.1) is 6.33 Å². The van der Waals surface area contributed by atoms with Gasteiger partial charge in [0.1, 0.15) is 5.75 Å². The third-order valence-electron chi connectivity index (χ3n) is 3.38. The smallest absolute Gasteiger partial charge is 0.261 e. The van der Waals surface area contributed by atoms with Crippen molar-refractivity contribution in [3.63, 3.8) is 0 Å². The van der Waals surface area contributed by atoms with Crippen LogP contribution in [0.5, 0.6) is 5.75 Å². The minimum Gasteiger partial charge on any atom is -0.481 e. The molecule has 1 N–H and O–H groups in total. The highest BCUT2D eigenvalue weighted by atomic mass is 16.5. The number of aryl methyl sites for hydroxylation is 2. The van der Waals surface area contributed by atoms with Crippen molar-refractivity contribution in [2.24, 2.45) is 0 Å². The Morgan fingerprint density at radius 1 is 1.45 bits per heavy atom. The summed E-state index contributed by atoms with van der Waals surface area (Å²) in [6.45, 7) is 5.43. The van der Waals surface area contributed by atoms with Crippen LogP contribution in [-0.2, 0) is 11.3 Å². The summed E-state index contributed by atoms with van der Waals surface area (Å²) in [4.78, 5) is 16.2. The molecule has 0 aliphatic carbocycles. The lowest BCUT2D eigenvalue weighted by molar-refractivity contribution is -0.128. The largest absolute Gasteiger partial charge is 0.481 e. The van der Waals surface area contributed by atoms with Crippen LogP contribution in [0.1, 0.15) is 25.3 Å². The molecule has 5 nitrogen and oxygen atoms in total. The molecule has 0 aliphatic heterocycles. The highest BCUT2D eigenvalue weighted by molar-refractivity contribution is 5.81. The lowest BCUT2D eigenvalue weighted by Crippen LogP contribution is -2.38. The molecule has 0 saturated carbocycles. The van der Waals surface area contributed by atoms with Crippen LogP contribution in [0.15, 0.2) is 43.0 Å². The first-order valence-corrected chi connectivity index (χ1v) is 7.66. The second kappa shape index (κ2) is 8.22. The molecule has 0 aliphatic rings. The van der Waals surface area contributed by atoms with Crippen molar-refractivity contribution < 1.29 is 9.53 Å². The molecular formula is C17H23N3O2. The van der Waals surface area contributed by atoms with Gasteiger partial charge in [-0.05, 0) is 37.5 Å². The Morgan fingerprint density at radius 2 is 2.32 bits per heavy atom. The molecule has 2 aromatic rings. The maximum absolute atomic E-state index is 12.2. The van der Waals surface area contributed by atoms with E-state index in [4.69, 9.17) is 4.74 Å². The van der Waals surface area contributed by atoms with Gasteiger partial charge < -0.3 is 14.6 Å². The van der Waals surface area contributed by atoms with Crippen molar-refractivity contribution in [1.82, 2.24) is 14.9 Å². The number of rotatable bonds is 8. The summed E-state index contributed by atoms with van der Waals surface area (Å²) in [5, 5.41) is 2.93. The van der Waals surface area contributed by atoms with Gasteiger partial charge >= 0.3 is 0 Å². The molecule has 118 valence electrons. The van der Waals surface area contributed by atoms with Crippen molar-refractivity contribution in [3.8, 4) is 5.75 Å². The Hall–Kier alpha value is -2.30. The number of benzene rings is 1. The highest BCUT2D eigenvalue weighted by Crippen LogP contribution is 2.15. The van der Waals surface area contributed by atoms with E-state index >= 15 is 0 Å². The van der Waals surface area contributed by atoms with Crippen LogP contribution in [0.3, 0.4) is 0 Å². The van der Waals surface area contributed by atoms with Gasteiger partial charge in [0.2, 0.25) is 0 Å². The van der Waals surface area contributed by atoms with Crippen LogP contribution >= 0.6 is 0 Å². The zero-order valence-electron chi connectivity index (χ0n) is 13.2. The predicted molar refractivity (Wildman–Crippen MR) is 85.7 cm³/mol. The standard InChI is InChI=1S/C17H23N3O2/c1-3-16(22-15-7-4-6-14(2)12-15)17(21)19-8-5-10-20-11-9-18-13-20/h4,6-7,9,11-13,16H,3,5,8,10H2,1-2H3,(H,19,21)/t16-/m0/s1. The third-order valence-corrected chi connectivity index (χ3v) is 3.38. The SMILES string of the molecule is CC[C@H](Oc1cccc(C)c1)C(=O)NCCCn1ccnc1. The van der Waals surface area contributed by atoms with Crippen molar-refractivity contribution in [2.75, 3.05) is 6.54 Å². The molecule has 5 heteroatoms. The molecule has 1 heterocycles. The Labute approximate surface area is 131 Å². The molecular weight excluding hydrogens is 278 g/mol. The Morgan fingerprint density at radius 3 is 3.00 bits per heavy atom. The molecule has 0 bridgehead atoms. The third kappa shape index (κ3) is 4.91. The zero-order valence-corrected chi connectivity index (χ0v) is 13.2. The first-order valence-electron chi connectivity index (χ1n) is 7.66. The van der Waals surface area contributed by atoms with E-state index in [2.05, 4.69) is 10.3 Å². The molecule has 1 aromatic heterocycles. The summed E-state index contributed by atoms with van der Waals surface area (Å²) in [7, 11) is 0. The van der Waals surface area contributed by atoms with Gasteiger partial charge in [0.15, 0.2) is 6.10 Å². The van der Waals surface area contributed by atoms with Crippen molar-refractivity contribution in [2.45, 2.75) is 39.3 Å². The molecule has 0 spiro atoms. The van der Waals surface area contributed by atoms with Crippen molar-refractivity contribution in [3.05, 3.63) is 48.5 Å². The maximum atomic E-state index is 12.2. The monoisotopic (exact) mass is 301 g/mol. The van der Waals surface area contributed by atoms with E-state index in [9.17, 15) is 4.79 Å². The van der Waals surface area contributed by atoms with Gasteiger partial charge in [0.25, 0.3) is 5.91 Å². The molecule has 1 amide bonds. The van der Waals surface area contributed by atoms with E-state index < -0.39 is 6.10 Å². The zero-order chi connectivity index (χ0) is 15.8. The average Bonchev–Trinajstić information content (AvgIpc) is 3.02. The van der Waals surface area contributed by atoms with Gasteiger partial charge in [-0.15, -0.1) is 0 Å². The van der Waals surface area contributed by atoms with Crippen LogP contribution in [0.2, 0.25) is 0 Å². The van der Waals surface area contributed by atoms with Crippen LogP contribution in [0.25, 0.3) is 0 Å².